The van der Waals surface area contributed by atoms with Gasteiger partial charge in [-0.25, -0.2) is 10.8 Å². The summed E-state index contributed by atoms with van der Waals surface area (Å²) in [5.41, 5.74) is 2.62. The van der Waals surface area contributed by atoms with Gasteiger partial charge in [0.2, 0.25) is 5.96 Å². The second kappa shape index (κ2) is 13.5. The van der Waals surface area contributed by atoms with Gasteiger partial charge in [-0.15, -0.1) is 0 Å². The topological polar surface area (TPSA) is 81.3 Å². The highest BCUT2D eigenvalue weighted by Gasteiger charge is 2.09. The van der Waals surface area contributed by atoms with Crippen LogP contribution in [-0.2, 0) is 14.2 Å². The van der Waals surface area contributed by atoms with E-state index in [1.54, 1.807) is 7.11 Å². The van der Waals surface area contributed by atoms with Crippen LogP contribution in [0.15, 0.2) is 4.99 Å². The molecule has 0 rings (SSSR count). The molecule has 0 saturated carbocycles. The number of aliphatic imine (C=N–C) groups is 1. The molecule has 0 spiro atoms. The van der Waals surface area contributed by atoms with Gasteiger partial charge in [-0.05, 0) is 13.8 Å². The number of guanidine groups is 1. The average molecular weight is 276 g/mol. The van der Waals surface area contributed by atoms with Gasteiger partial charge in [-0.1, -0.05) is 0 Å². The quantitative estimate of drug-likeness (QED) is 0.179. The average Bonchev–Trinajstić information content (AvgIpc) is 2.43. The van der Waals surface area contributed by atoms with Crippen LogP contribution in [0.2, 0.25) is 0 Å². The molecule has 0 aliphatic carbocycles. The highest BCUT2D eigenvalue weighted by molar-refractivity contribution is 5.79. The lowest BCUT2D eigenvalue weighted by Crippen LogP contribution is -2.47. The zero-order chi connectivity index (χ0) is 14.3. The maximum absolute atomic E-state index is 5.52. The number of hydrazine groups is 1. The summed E-state index contributed by atoms with van der Waals surface area (Å²) in [6.45, 7) is 9.18. The normalized spacial score (nSPS) is 11.7. The summed E-state index contributed by atoms with van der Waals surface area (Å²) in [6, 6.07) is 0. The summed E-state index contributed by atoms with van der Waals surface area (Å²) in [5.74, 6) is 6.16. The predicted molar refractivity (Wildman–Crippen MR) is 76.1 cm³/mol. The van der Waals surface area contributed by atoms with Crippen molar-refractivity contribution in [2.75, 3.05) is 59.8 Å². The number of ether oxygens (including phenoxy) is 3. The maximum Gasteiger partial charge on any atom is 0.208 e. The van der Waals surface area contributed by atoms with Crippen molar-refractivity contribution < 1.29 is 14.2 Å². The number of nitrogens with one attached hydrogen (secondary N) is 1. The zero-order valence-corrected chi connectivity index (χ0v) is 12.4. The fraction of sp³-hybridized carbons (Fsp3) is 0.917. The lowest BCUT2D eigenvalue weighted by Gasteiger charge is -2.25. The molecule has 0 saturated heterocycles. The molecular weight excluding hydrogens is 248 g/mol. The van der Waals surface area contributed by atoms with E-state index in [0.29, 0.717) is 45.5 Å². The first-order valence-electron chi connectivity index (χ1n) is 6.70. The van der Waals surface area contributed by atoms with Crippen LogP contribution in [0.25, 0.3) is 0 Å². The molecule has 0 atom stereocenters. The van der Waals surface area contributed by atoms with Crippen molar-refractivity contribution >= 4 is 5.96 Å². The molecule has 0 aromatic carbocycles. The Bertz CT molecular complexity index is 217. The van der Waals surface area contributed by atoms with E-state index in [-0.39, 0.29) is 0 Å². The van der Waals surface area contributed by atoms with Gasteiger partial charge in [0.25, 0.3) is 0 Å². The van der Waals surface area contributed by atoms with Gasteiger partial charge in [0.15, 0.2) is 0 Å². The molecule has 0 heterocycles. The Morgan fingerprint density at radius 3 is 2.11 bits per heavy atom. The van der Waals surface area contributed by atoms with Crippen LogP contribution in [0.5, 0.6) is 0 Å². The molecule has 7 nitrogen and oxygen atoms in total. The molecule has 0 aromatic rings. The van der Waals surface area contributed by atoms with Gasteiger partial charge in [0.1, 0.15) is 0 Å². The van der Waals surface area contributed by atoms with Crippen LogP contribution in [0.3, 0.4) is 0 Å². The molecule has 114 valence electrons. The Balaban J connectivity index is 4.32. The summed E-state index contributed by atoms with van der Waals surface area (Å²) >= 11 is 0. The second-order valence-electron chi connectivity index (χ2n) is 3.72. The Morgan fingerprint density at radius 1 is 1.11 bits per heavy atom. The van der Waals surface area contributed by atoms with E-state index >= 15 is 0 Å². The van der Waals surface area contributed by atoms with Crippen molar-refractivity contribution in [3.05, 3.63) is 0 Å². The van der Waals surface area contributed by atoms with E-state index in [0.717, 1.165) is 13.1 Å². The number of hydrogen-bond acceptors (Lipinski definition) is 5. The van der Waals surface area contributed by atoms with Crippen LogP contribution in [0.1, 0.15) is 13.8 Å². The number of methoxy groups -OCH3 is 1. The summed E-state index contributed by atoms with van der Waals surface area (Å²) in [4.78, 5) is 6.37. The molecule has 0 aliphatic heterocycles. The molecule has 0 amide bonds. The molecule has 0 unspecified atom stereocenters. The smallest absolute Gasteiger partial charge is 0.208 e. The minimum absolute atomic E-state index is 0.565. The highest BCUT2D eigenvalue weighted by Crippen LogP contribution is 1.92. The van der Waals surface area contributed by atoms with E-state index in [1.807, 2.05) is 18.7 Å². The molecular formula is C12H28N4O3. The third-order valence-electron chi connectivity index (χ3n) is 2.40. The van der Waals surface area contributed by atoms with Gasteiger partial charge >= 0.3 is 0 Å². The SMILES string of the molecule is CCOCCN(CCOCC)C(=NCCOC)NN. The van der Waals surface area contributed by atoms with Crippen molar-refractivity contribution in [2.24, 2.45) is 10.8 Å². The Hall–Kier alpha value is -0.890. The third-order valence-corrected chi connectivity index (χ3v) is 2.40. The highest BCUT2D eigenvalue weighted by atomic mass is 16.5. The first-order chi connectivity index (χ1) is 9.29. The lowest BCUT2D eigenvalue weighted by molar-refractivity contribution is 0.106. The Labute approximate surface area is 116 Å². The monoisotopic (exact) mass is 276 g/mol. The minimum atomic E-state index is 0.565. The Kier molecular flexibility index (Phi) is 12.9. The van der Waals surface area contributed by atoms with Crippen molar-refractivity contribution in [1.82, 2.24) is 10.3 Å². The molecule has 0 aromatic heterocycles. The second-order valence-corrected chi connectivity index (χ2v) is 3.72. The van der Waals surface area contributed by atoms with Crippen LogP contribution < -0.4 is 11.3 Å². The molecule has 0 bridgehead atoms. The first-order valence-corrected chi connectivity index (χ1v) is 6.70. The third kappa shape index (κ3) is 9.66. The fourth-order valence-corrected chi connectivity index (χ4v) is 1.44. The van der Waals surface area contributed by atoms with Crippen LogP contribution in [0.4, 0.5) is 0 Å². The summed E-state index contributed by atoms with van der Waals surface area (Å²) in [6.07, 6.45) is 0. The molecule has 0 aliphatic rings. The maximum atomic E-state index is 5.52. The molecule has 3 N–H and O–H groups in total. The minimum Gasteiger partial charge on any atom is -0.383 e. The summed E-state index contributed by atoms with van der Waals surface area (Å²) < 4.78 is 15.7. The van der Waals surface area contributed by atoms with Crippen molar-refractivity contribution in [2.45, 2.75) is 13.8 Å². The molecule has 19 heavy (non-hydrogen) atoms. The van der Waals surface area contributed by atoms with Gasteiger partial charge < -0.3 is 19.1 Å². The van der Waals surface area contributed by atoms with Crippen molar-refractivity contribution in [1.29, 1.82) is 0 Å². The first kappa shape index (κ1) is 18.1. The fourth-order valence-electron chi connectivity index (χ4n) is 1.44. The standard InChI is InChI=1S/C12H28N4O3/c1-4-18-10-7-16(8-11-19-5-2)12(15-13)14-6-9-17-3/h4-11,13H2,1-3H3,(H,14,15). The van der Waals surface area contributed by atoms with Gasteiger partial charge in [0.05, 0.1) is 26.4 Å². The summed E-state index contributed by atoms with van der Waals surface area (Å²) in [5, 5.41) is 0. The van der Waals surface area contributed by atoms with Crippen LogP contribution in [0, 0.1) is 0 Å². The van der Waals surface area contributed by atoms with Gasteiger partial charge in [-0.2, -0.15) is 0 Å². The number of rotatable bonds is 11. The predicted octanol–water partition coefficient (Wildman–Crippen LogP) is -0.173. The summed E-state index contributed by atoms with van der Waals surface area (Å²) in [7, 11) is 1.65. The zero-order valence-electron chi connectivity index (χ0n) is 12.4. The van der Waals surface area contributed by atoms with Gasteiger partial charge in [0, 0.05) is 33.4 Å². The largest absolute Gasteiger partial charge is 0.383 e. The number of nitrogens with two attached hydrogens (primary N) is 1. The van der Waals surface area contributed by atoms with Crippen LogP contribution >= 0.6 is 0 Å². The van der Waals surface area contributed by atoms with E-state index in [2.05, 4.69) is 10.4 Å². The molecule has 0 fully saturated rings. The Morgan fingerprint density at radius 2 is 1.68 bits per heavy atom. The number of nitrogens with zero attached hydrogens (tertiary/aromatic N) is 2. The lowest BCUT2D eigenvalue weighted by atomic mass is 10.5. The van der Waals surface area contributed by atoms with E-state index in [9.17, 15) is 0 Å². The van der Waals surface area contributed by atoms with E-state index in [1.165, 1.54) is 0 Å². The molecule has 0 radical (unpaired) electrons. The van der Waals surface area contributed by atoms with Crippen molar-refractivity contribution in [3.8, 4) is 0 Å². The van der Waals surface area contributed by atoms with E-state index < -0.39 is 0 Å². The van der Waals surface area contributed by atoms with E-state index in [4.69, 9.17) is 20.1 Å². The van der Waals surface area contributed by atoms with Crippen LogP contribution in [-0.4, -0.2) is 70.6 Å². The van der Waals surface area contributed by atoms with Crippen molar-refractivity contribution in [3.63, 3.8) is 0 Å². The number of hydrogen-bond donors (Lipinski definition) is 2. The molecule has 7 heteroatoms. The van der Waals surface area contributed by atoms with Gasteiger partial charge in [-0.3, -0.25) is 5.43 Å².